The summed E-state index contributed by atoms with van der Waals surface area (Å²) in [5.41, 5.74) is 0. The molecule has 4 nitrogen and oxygen atoms in total. The lowest BCUT2D eigenvalue weighted by Gasteiger charge is -2.20. The second-order valence-corrected chi connectivity index (χ2v) is 18.3. The largest absolute Gasteiger partial charge is 0.394 e. The predicted molar refractivity (Wildman–Crippen MR) is 253 cm³/mol. The zero-order valence-corrected chi connectivity index (χ0v) is 39.1. The van der Waals surface area contributed by atoms with E-state index in [0.717, 1.165) is 25.7 Å². The van der Waals surface area contributed by atoms with Gasteiger partial charge in [-0.3, -0.25) is 4.79 Å². The van der Waals surface area contributed by atoms with Crippen LogP contribution in [0.15, 0.2) is 12.2 Å². The minimum Gasteiger partial charge on any atom is -0.394 e. The fourth-order valence-corrected chi connectivity index (χ4v) is 8.48. The van der Waals surface area contributed by atoms with Crippen molar-refractivity contribution in [3.63, 3.8) is 0 Å². The predicted octanol–water partition coefficient (Wildman–Crippen LogP) is 17.0. The number of hydrogen-bond acceptors (Lipinski definition) is 3. The highest BCUT2D eigenvalue weighted by Gasteiger charge is 2.18. The number of allylic oxidation sites excluding steroid dienone is 1. The second-order valence-electron chi connectivity index (χ2n) is 18.3. The number of carbonyl (C=O) groups excluding carboxylic acids is 1. The summed E-state index contributed by atoms with van der Waals surface area (Å²) in [6, 6.07) is -0.617. The van der Waals surface area contributed by atoms with E-state index in [-0.39, 0.29) is 12.5 Å². The first kappa shape index (κ1) is 56.1. The maximum atomic E-state index is 12.4. The summed E-state index contributed by atoms with van der Waals surface area (Å²) in [4.78, 5) is 12.4. The second kappa shape index (κ2) is 49.5. The van der Waals surface area contributed by atoms with Crippen LogP contribution >= 0.6 is 0 Å². The molecule has 3 N–H and O–H groups in total. The zero-order chi connectivity index (χ0) is 41.4. The van der Waals surface area contributed by atoms with Gasteiger partial charge < -0.3 is 15.5 Å². The standard InChI is InChI=1S/C53H105NO3/c1-3-5-7-9-11-13-15-17-19-21-22-23-24-25-26-27-28-29-30-31-33-35-37-39-41-43-45-47-49-53(57)54-51(50-55)52(56)48-46-44-42-40-38-36-34-32-20-18-16-14-12-10-8-6-4-2/h46,48,51-52,55-56H,3-45,47,49-50H2,1-2H3,(H,54,57)/b48-46+/t51-,52+/m0/s1. The van der Waals surface area contributed by atoms with Crippen molar-refractivity contribution in [2.24, 2.45) is 0 Å². The molecule has 0 rings (SSSR count). The fraction of sp³-hybridized carbons (Fsp3) is 0.943. The third-order valence-corrected chi connectivity index (χ3v) is 12.5. The lowest BCUT2D eigenvalue weighted by molar-refractivity contribution is -0.123. The van der Waals surface area contributed by atoms with Gasteiger partial charge in [-0.1, -0.05) is 289 Å². The maximum Gasteiger partial charge on any atom is 0.220 e. The number of aliphatic hydroxyl groups is 2. The van der Waals surface area contributed by atoms with Crippen LogP contribution in [0.1, 0.15) is 303 Å². The molecule has 2 atom stereocenters. The minimum atomic E-state index is -0.834. The van der Waals surface area contributed by atoms with Gasteiger partial charge in [0.05, 0.1) is 18.8 Å². The number of hydrogen-bond donors (Lipinski definition) is 3. The van der Waals surface area contributed by atoms with E-state index in [1.165, 1.54) is 257 Å². The number of aliphatic hydroxyl groups excluding tert-OH is 2. The van der Waals surface area contributed by atoms with E-state index in [4.69, 9.17) is 0 Å². The van der Waals surface area contributed by atoms with Crippen LogP contribution in [-0.4, -0.2) is 34.9 Å². The summed E-state index contributed by atoms with van der Waals surface area (Å²) >= 11 is 0. The van der Waals surface area contributed by atoms with Gasteiger partial charge in [-0.05, 0) is 19.3 Å². The van der Waals surface area contributed by atoms with Gasteiger partial charge in [0.2, 0.25) is 5.91 Å². The Labute approximate surface area is 358 Å². The summed E-state index contributed by atoms with van der Waals surface area (Å²) in [6.07, 6.45) is 63.6. The van der Waals surface area contributed by atoms with E-state index >= 15 is 0 Å². The molecule has 0 aromatic heterocycles. The molecule has 0 saturated heterocycles. The Hall–Kier alpha value is -0.870. The Kier molecular flexibility index (Phi) is 48.7. The van der Waals surface area contributed by atoms with Gasteiger partial charge in [0, 0.05) is 6.42 Å². The average molecular weight is 804 g/mol. The zero-order valence-electron chi connectivity index (χ0n) is 39.1. The van der Waals surface area contributed by atoms with Crippen molar-refractivity contribution >= 4 is 5.91 Å². The van der Waals surface area contributed by atoms with Crippen LogP contribution < -0.4 is 5.32 Å². The Morgan fingerprint density at radius 1 is 0.404 bits per heavy atom. The van der Waals surface area contributed by atoms with Gasteiger partial charge in [-0.25, -0.2) is 0 Å². The molecule has 0 aliphatic rings. The van der Waals surface area contributed by atoms with Crippen molar-refractivity contribution in [3.05, 3.63) is 12.2 Å². The van der Waals surface area contributed by atoms with Crippen LogP contribution in [0.5, 0.6) is 0 Å². The third kappa shape index (κ3) is 46.1. The van der Waals surface area contributed by atoms with E-state index in [0.29, 0.717) is 6.42 Å². The van der Waals surface area contributed by atoms with Crippen LogP contribution in [0.4, 0.5) is 0 Å². The molecule has 0 spiro atoms. The Bertz CT molecular complexity index is 784. The molecule has 0 aromatic rings. The first-order valence-electron chi connectivity index (χ1n) is 26.4. The molecular weight excluding hydrogens is 699 g/mol. The monoisotopic (exact) mass is 804 g/mol. The molecule has 340 valence electrons. The van der Waals surface area contributed by atoms with Crippen molar-refractivity contribution in [1.29, 1.82) is 0 Å². The number of carbonyl (C=O) groups is 1. The maximum absolute atomic E-state index is 12.4. The highest BCUT2D eigenvalue weighted by molar-refractivity contribution is 5.76. The molecule has 0 radical (unpaired) electrons. The van der Waals surface area contributed by atoms with E-state index in [9.17, 15) is 15.0 Å². The quantitative estimate of drug-likeness (QED) is 0.0424. The van der Waals surface area contributed by atoms with Gasteiger partial charge in [0.1, 0.15) is 0 Å². The normalized spacial score (nSPS) is 12.8. The van der Waals surface area contributed by atoms with Crippen LogP contribution in [0.3, 0.4) is 0 Å². The molecule has 0 heterocycles. The van der Waals surface area contributed by atoms with Gasteiger partial charge in [-0.15, -0.1) is 0 Å². The van der Waals surface area contributed by atoms with Crippen LogP contribution in [0, 0.1) is 0 Å². The number of amides is 1. The van der Waals surface area contributed by atoms with Gasteiger partial charge in [0.25, 0.3) is 0 Å². The first-order valence-corrected chi connectivity index (χ1v) is 26.4. The molecular formula is C53H105NO3. The summed E-state index contributed by atoms with van der Waals surface area (Å²) < 4.78 is 0. The lowest BCUT2D eigenvalue weighted by Crippen LogP contribution is -2.45. The van der Waals surface area contributed by atoms with Crippen molar-refractivity contribution in [2.45, 2.75) is 315 Å². The summed E-state index contributed by atoms with van der Waals surface area (Å²) in [6.45, 7) is 4.34. The van der Waals surface area contributed by atoms with Gasteiger partial charge in [0.15, 0.2) is 0 Å². The summed E-state index contributed by atoms with van der Waals surface area (Å²) in [5, 5.41) is 23.1. The topological polar surface area (TPSA) is 69.6 Å². The molecule has 0 aliphatic carbocycles. The first-order chi connectivity index (χ1) is 28.2. The smallest absolute Gasteiger partial charge is 0.220 e. The molecule has 0 fully saturated rings. The summed E-state index contributed by atoms with van der Waals surface area (Å²) in [7, 11) is 0. The Morgan fingerprint density at radius 2 is 0.649 bits per heavy atom. The van der Waals surface area contributed by atoms with Crippen molar-refractivity contribution in [1.82, 2.24) is 5.32 Å². The van der Waals surface area contributed by atoms with Gasteiger partial charge >= 0.3 is 0 Å². The Morgan fingerprint density at radius 3 is 0.912 bits per heavy atom. The molecule has 0 aromatic carbocycles. The molecule has 0 bridgehead atoms. The number of nitrogens with one attached hydrogen (secondary N) is 1. The molecule has 0 saturated carbocycles. The number of unbranched alkanes of at least 4 members (excludes halogenated alkanes) is 42. The molecule has 4 heteroatoms. The van der Waals surface area contributed by atoms with Crippen LogP contribution in [0.2, 0.25) is 0 Å². The summed E-state index contributed by atoms with van der Waals surface area (Å²) in [5.74, 6) is -0.0567. The van der Waals surface area contributed by atoms with E-state index in [2.05, 4.69) is 19.2 Å². The highest BCUT2D eigenvalue weighted by Crippen LogP contribution is 2.17. The lowest BCUT2D eigenvalue weighted by atomic mass is 10.0. The molecule has 1 amide bonds. The van der Waals surface area contributed by atoms with E-state index < -0.39 is 12.1 Å². The number of rotatable bonds is 49. The SMILES string of the molecule is CCCCCCCCCCCCCCCCC/C=C/[C@@H](O)[C@H](CO)NC(=O)CCCCCCCCCCCCCCCCCCCCCCCCCCCCCC. The van der Waals surface area contributed by atoms with E-state index in [1.807, 2.05) is 6.08 Å². The van der Waals surface area contributed by atoms with Crippen molar-refractivity contribution in [3.8, 4) is 0 Å². The fourth-order valence-electron chi connectivity index (χ4n) is 8.48. The molecule has 57 heavy (non-hydrogen) atoms. The van der Waals surface area contributed by atoms with E-state index in [1.54, 1.807) is 6.08 Å². The molecule has 0 aliphatic heterocycles. The van der Waals surface area contributed by atoms with Crippen LogP contribution in [-0.2, 0) is 4.79 Å². The minimum absolute atomic E-state index is 0.0567. The Balaban J connectivity index is 3.43. The third-order valence-electron chi connectivity index (χ3n) is 12.5. The average Bonchev–Trinajstić information content (AvgIpc) is 3.22. The highest BCUT2D eigenvalue weighted by atomic mass is 16.3. The van der Waals surface area contributed by atoms with Crippen molar-refractivity contribution < 1.29 is 15.0 Å². The van der Waals surface area contributed by atoms with Crippen molar-refractivity contribution in [2.75, 3.05) is 6.61 Å². The molecule has 0 unspecified atom stereocenters. The van der Waals surface area contributed by atoms with Crippen LogP contribution in [0.25, 0.3) is 0 Å². The van der Waals surface area contributed by atoms with Gasteiger partial charge in [-0.2, -0.15) is 0 Å².